The Balaban J connectivity index is 1.54. The molecule has 4 heterocycles. The molecule has 3 aliphatic rings. The van der Waals surface area contributed by atoms with Crippen LogP contribution in [0.1, 0.15) is 61.6 Å². The summed E-state index contributed by atoms with van der Waals surface area (Å²) < 4.78 is 29.8. The van der Waals surface area contributed by atoms with E-state index in [0.29, 0.717) is 49.9 Å². The topological polar surface area (TPSA) is 101 Å². The number of hydrogen-bond donors (Lipinski definition) is 0. The summed E-state index contributed by atoms with van der Waals surface area (Å²) in [5.41, 5.74) is 1.85. The average molecular weight is 445 g/mol. The largest absolute Gasteiger partial charge is 0.339 e. The first-order chi connectivity index (χ1) is 14.8. The monoisotopic (exact) mass is 444 g/mol. The second-order valence-corrected chi connectivity index (χ2v) is 10.8. The number of fused-ring (bicyclic) bond motifs is 1. The highest BCUT2D eigenvalue weighted by Crippen LogP contribution is 2.38. The van der Waals surface area contributed by atoms with Crippen LogP contribution in [0, 0.1) is 12.8 Å². The minimum Gasteiger partial charge on any atom is -0.339 e. The summed E-state index contributed by atoms with van der Waals surface area (Å²) in [4.78, 5) is 28.2. The molecular formula is C21H28N6O3S. The minimum atomic E-state index is -3.77. The summed E-state index contributed by atoms with van der Waals surface area (Å²) in [6, 6.07) is -0.454. The van der Waals surface area contributed by atoms with E-state index < -0.39 is 16.1 Å². The van der Waals surface area contributed by atoms with Crippen LogP contribution in [-0.4, -0.2) is 51.2 Å². The molecule has 2 aliphatic heterocycles. The Labute approximate surface area is 182 Å². The van der Waals surface area contributed by atoms with Crippen LogP contribution < -0.4 is 4.90 Å². The molecule has 1 atom stereocenters. The average Bonchev–Trinajstić information content (AvgIpc) is 3.46. The van der Waals surface area contributed by atoms with Gasteiger partial charge in [0, 0.05) is 44.0 Å². The molecule has 1 saturated heterocycles. The highest BCUT2D eigenvalue weighted by atomic mass is 32.2. The highest BCUT2D eigenvalue weighted by Gasteiger charge is 2.39. The van der Waals surface area contributed by atoms with Crippen molar-refractivity contribution in [1.29, 1.82) is 0 Å². The molecule has 9 nitrogen and oxygen atoms in total. The molecule has 0 N–H and O–H groups in total. The maximum atomic E-state index is 13.4. The molecule has 2 aromatic heterocycles. The van der Waals surface area contributed by atoms with Crippen LogP contribution in [0.5, 0.6) is 0 Å². The molecule has 2 aromatic rings. The standard InChI is InChI=1S/C21H28N6O3S/c1-14-16-8-9-19(28)26(11-15-6-7-15)21(16)24-20(23-14)17-5-3-4-10-27(17)31(29,30)18-12-25(2)13-22-18/h12-13,15,17H,3-11H2,1-2H3. The third kappa shape index (κ3) is 3.76. The van der Waals surface area contributed by atoms with Gasteiger partial charge in [0.1, 0.15) is 11.6 Å². The van der Waals surface area contributed by atoms with Crippen molar-refractivity contribution >= 4 is 21.7 Å². The van der Waals surface area contributed by atoms with Crippen molar-refractivity contribution in [3.8, 4) is 0 Å². The quantitative estimate of drug-likeness (QED) is 0.700. The van der Waals surface area contributed by atoms with Gasteiger partial charge in [-0.3, -0.25) is 9.69 Å². The summed E-state index contributed by atoms with van der Waals surface area (Å²) in [7, 11) is -2.01. The third-order valence-corrected chi connectivity index (χ3v) is 8.29. The summed E-state index contributed by atoms with van der Waals surface area (Å²) in [5.74, 6) is 1.83. The second kappa shape index (κ2) is 7.67. The van der Waals surface area contributed by atoms with Crippen LogP contribution in [0.4, 0.5) is 5.82 Å². The summed E-state index contributed by atoms with van der Waals surface area (Å²) in [6.07, 6.45) is 8.78. The fourth-order valence-electron chi connectivity index (χ4n) is 4.59. The van der Waals surface area contributed by atoms with E-state index in [-0.39, 0.29) is 10.9 Å². The number of imidazole rings is 1. The van der Waals surface area contributed by atoms with Gasteiger partial charge in [-0.15, -0.1) is 0 Å². The van der Waals surface area contributed by atoms with Crippen molar-refractivity contribution in [3.05, 3.63) is 29.6 Å². The third-order valence-electron chi connectivity index (χ3n) is 6.50. The summed E-state index contributed by atoms with van der Waals surface area (Å²) in [6.45, 7) is 3.05. The van der Waals surface area contributed by atoms with Gasteiger partial charge in [-0.2, -0.15) is 4.31 Å². The molecule has 166 valence electrons. The molecule has 1 unspecified atom stereocenters. The number of amides is 1. The lowest BCUT2D eigenvalue weighted by atomic mass is 10.0. The Morgan fingerprint density at radius 3 is 2.65 bits per heavy atom. The maximum Gasteiger partial charge on any atom is 0.262 e. The maximum absolute atomic E-state index is 13.4. The summed E-state index contributed by atoms with van der Waals surface area (Å²) >= 11 is 0. The van der Waals surface area contributed by atoms with Crippen molar-refractivity contribution in [2.45, 2.75) is 62.9 Å². The smallest absolute Gasteiger partial charge is 0.262 e. The Kier molecular flexibility index (Phi) is 5.09. The predicted molar refractivity (Wildman–Crippen MR) is 114 cm³/mol. The lowest BCUT2D eigenvalue weighted by Crippen LogP contribution is -2.41. The Hall–Kier alpha value is -2.33. The first-order valence-electron chi connectivity index (χ1n) is 11.0. The van der Waals surface area contributed by atoms with E-state index in [1.165, 1.54) is 16.8 Å². The summed E-state index contributed by atoms with van der Waals surface area (Å²) in [5, 5.41) is 0.0436. The number of rotatable bonds is 5. The number of sulfonamides is 1. The molecule has 1 aliphatic carbocycles. The molecular weight excluding hydrogens is 416 g/mol. The van der Waals surface area contributed by atoms with E-state index in [2.05, 4.69) is 4.98 Å². The molecule has 31 heavy (non-hydrogen) atoms. The van der Waals surface area contributed by atoms with Gasteiger partial charge in [-0.05, 0) is 44.9 Å². The lowest BCUT2D eigenvalue weighted by Gasteiger charge is -2.35. The zero-order valence-corrected chi connectivity index (χ0v) is 18.8. The van der Waals surface area contributed by atoms with Gasteiger partial charge in [0.15, 0.2) is 5.03 Å². The number of nitrogens with zero attached hydrogens (tertiary/aromatic N) is 6. The van der Waals surface area contributed by atoms with Crippen LogP contribution in [-0.2, 0) is 28.3 Å². The van der Waals surface area contributed by atoms with E-state index in [0.717, 1.165) is 36.9 Å². The number of anilines is 1. The van der Waals surface area contributed by atoms with Crippen LogP contribution in [0.3, 0.4) is 0 Å². The van der Waals surface area contributed by atoms with Gasteiger partial charge in [-0.25, -0.2) is 23.4 Å². The van der Waals surface area contributed by atoms with Crippen molar-refractivity contribution in [3.63, 3.8) is 0 Å². The number of aryl methyl sites for hydroxylation is 2. The fraction of sp³-hybridized carbons (Fsp3) is 0.619. The SMILES string of the molecule is Cc1nc(C2CCCCN2S(=O)(=O)c2cn(C)cn2)nc2c1CCC(=O)N2CC1CC1. The highest BCUT2D eigenvalue weighted by molar-refractivity contribution is 7.89. The van der Waals surface area contributed by atoms with Gasteiger partial charge in [0.2, 0.25) is 5.91 Å². The zero-order valence-electron chi connectivity index (χ0n) is 18.0. The van der Waals surface area contributed by atoms with Gasteiger partial charge in [0.05, 0.1) is 12.4 Å². The minimum absolute atomic E-state index is 0.0436. The molecule has 0 spiro atoms. The van der Waals surface area contributed by atoms with Gasteiger partial charge >= 0.3 is 0 Å². The predicted octanol–water partition coefficient (Wildman–Crippen LogP) is 2.12. The number of aromatic nitrogens is 4. The van der Waals surface area contributed by atoms with Crippen molar-refractivity contribution in [1.82, 2.24) is 23.8 Å². The van der Waals surface area contributed by atoms with Crippen molar-refractivity contribution < 1.29 is 13.2 Å². The van der Waals surface area contributed by atoms with E-state index in [9.17, 15) is 13.2 Å². The molecule has 2 fully saturated rings. The number of hydrogen-bond acceptors (Lipinski definition) is 6. The van der Waals surface area contributed by atoms with Crippen LogP contribution in [0.15, 0.2) is 17.6 Å². The normalized spacial score (nSPS) is 22.6. The molecule has 1 saturated carbocycles. The van der Waals surface area contributed by atoms with E-state index in [4.69, 9.17) is 9.97 Å². The molecule has 0 radical (unpaired) electrons. The molecule has 10 heteroatoms. The van der Waals surface area contributed by atoms with Gasteiger partial charge < -0.3 is 4.57 Å². The first-order valence-corrected chi connectivity index (χ1v) is 12.5. The first kappa shape index (κ1) is 20.6. The van der Waals surface area contributed by atoms with E-state index in [1.54, 1.807) is 11.6 Å². The number of carbonyl (C=O) groups excluding carboxylic acids is 1. The molecule has 1 amide bonds. The number of carbonyl (C=O) groups is 1. The molecule has 0 aromatic carbocycles. The van der Waals surface area contributed by atoms with Crippen molar-refractivity contribution in [2.75, 3.05) is 18.0 Å². The molecule has 0 bridgehead atoms. The van der Waals surface area contributed by atoms with E-state index in [1.807, 2.05) is 11.8 Å². The van der Waals surface area contributed by atoms with Crippen LogP contribution in [0.25, 0.3) is 0 Å². The van der Waals surface area contributed by atoms with Crippen LogP contribution in [0.2, 0.25) is 0 Å². The Bertz CT molecular complexity index is 1120. The van der Waals surface area contributed by atoms with E-state index >= 15 is 0 Å². The lowest BCUT2D eigenvalue weighted by molar-refractivity contribution is -0.119. The Morgan fingerprint density at radius 1 is 1.13 bits per heavy atom. The Morgan fingerprint density at radius 2 is 1.94 bits per heavy atom. The zero-order chi connectivity index (χ0) is 21.8. The second-order valence-electron chi connectivity index (χ2n) is 8.92. The molecule has 5 rings (SSSR count). The van der Waals surface area contributed by atoms with Gasteiger partial charge in [0.25, 0.3) is 10.0 Å². The number of piperidine rings is 1. The van der Waals surface area contributed by atoms with Crippen molar-refractivity contribution in [2.24, 2.45) is 13.0 Å². The van der Waals surface area contributed by atoms with Gasteiger partial charge in [-0.1, -0.05) is 6.42 Å². The van der Waals surface area contributed by atoms with Crippen LogP contribution >= 0.6 is 0 Å². The fourth-order valence-corrected chi connectivity index (χ4v) is 6.22.